The van der Waals surface area contributed by atoms with Crippen LogP contribution in [0.4, 0.5) is 0 Å². The number of aliphatic hydroxyl groups is 1. The molecular formula is C48H70N2O6. The summed E-state index contributed by atoms with van der Waals surface area (Å²) in [7, 11) is 3.28. The van der Waals surface area contributed by atoms with Crippen molar-refractivity contribution in [2.24, 2.45) is 0 Å². The van der Waals surface area contributed by atoms with Gasteiger partial charge in [-0.15, -0.1) is 0 Å². The van der Waals surface area contributed by atoms with Gasteiger partial charge in [0.25, 0.3) is 0 Å². The molecular weight excluding hydrogens is 701 g/mol. The molecule has 3 aromatic carbocycles. The molecule has 308 valence electrons. The van der Waals surface area contributed by atoms with E-state index in [1.807, 2.05) is 83.8 Å². The van der Waals surface area contributed by atoms with E-state index in [0.717, 1.165) is 53.9 Å². The van der Waals surface area contributed by atoms with Crippen molar-refractivity contribution in [1.82, 2.24) is 10.2 Å². The van der Waals surface area contributed by atoms with E-state index in [9.17, 15) is 14.7 Å². The molecule has 3 aromatic rings. The SMILES string of the molecule is CCCCCCCCCCCCCCCC(=O)NCCCCCC(=O)N1CC(O)CC1C(OCc1ccccc1)(c1ccc(OC)cc1)c1ccc(OC)cc1. The number of likely N-dealkylation sites (tertiary alicyclic amines) is 1. The summed E-state index contributed by atoms with van der Waals surface area (Å²) in [5, 5.41) is 14.2. The highest BCUT2D eigenvalue weighted by Gasteiger charge is 2.51. The van der Waals surface area contributed by atoms with Gasteiger partial charge < -0.3 is 29.5 Å². The molecule has 8 heteroatoms. The van der Waals surface area contributed by atoms with Crippen molar-refractivity contribution < 1.29 is 28.9 Å². The third-order valence-electron chi connectivity index (χ3n) is 11.3. The summed E-state index contributed by atoms with van der Waals surface area (Å²) in [6.07, 6.45) is 19.8. The van der Waals surface area contributed by atoms with Crippen LogP contribution < -0.4 is 14.8 Å². The van der Waals surface area contributed by atoms with Gasteiger partial charge in [0.1, 0.15) is 17.1 Å². The Morgan fingerprint density at radius 2 is 1.18 bits per heavy atom. The van der Waals surface area contributed by atoms with Crippen LogP contribution >= 0.6 is 0 Å². The van der Waals surface area contributed by atoms with Crippen LogP contribution in [0.3, 0.4) is 0 Å². The molecule has 0 radical (unpaired) electrons. The van der Waals surface area contributed by atoms with Crippen LogP contribution in [0.1, 0.15) is 146 Å². The van der Waals surface area contributed by atoms with Crippen molar-refractivity contribution in [3.63, 3.8) is 0 Å². The molecule has 56 heavy (non-hydrogen) atoms. The number of unbranched alkanes of at least 4 members (excludes halogenated alkanes) is 14. The second-order valence-electron chi connectivity index (χ2n) is 15.6. The molecule has 1 aliphatic heterocycles. The van der Waals surface area contributed by atoms with Gasteiger partial charge in [-0.1, -0.05) is 145 Å². The maximum Gasteiger partial charge on any atom is 0.223 e. The molecule has 2 N–H and O–H groups in total. The van der Waals surface area contributed by atoms with Crippen LogP contribution in [-0.2, 0) is 26.5 Å². The van der Waals surface area contributed by atoms with Gasteiger partial charge in [0.05, 0.1) is 33.0 Å². The van der Waals surface area contributed by atoms with Crippen molar-refractivity contribution in [2.45, 2.75) is 153 Å². The Labute approximate surface area is 337 Å². The van der Waals surface area contributed by atoms with E-state index in [0.29, 0.717) is 38.8 Å². The average molecular weight is 771 g/mol. The number of nitrogens with one attached hydrogen (secondary N) is 1. The third kappa shape index (κ3) is 14.3. The predicted octanol–water partition coefficient (Wildman–Crippen LogP) is 10.3. The summed E-state index contributed by atoms with van der Waals surface area (Å²) < 4.78 is 18.1. The van der Waals surface area contributed by atoms with Gasteiger partial charge in [-0.25, -0.2) is 0 Å². The van der Waals surface area contributed by atoms with Crippen LogP contribution in [0.25, 0.3) is 0 Å². The number of ether oxygens (including phenoxy) is 3. The average Bonchev–Trinajstić information content (AvgIpc) is 3.63. The van der Waals surface area contributed by atoms with E-state index < -0.39 is 17.7 Å². The summed E-state index contributed by atoms with van der Waals surface area (Å²) >= 11 is 0. The van der Waals surface area contributed by atoms with Crippen LogP contribution in [0.2, 0.25) is 0 Å². The summed E-state index contributed by atoms with van der Waals surface area (Å²) in [4.78, 5) is 28.4. The van der Waals surface area contributed by atoms with E-state index in [1.165, 1.54) is 70.6 Å². The lowest BCUT2D eigenvalue weighted by atomic mass is 9.78. The van der Waals surface area contributed by atoms with Gasteiger partial charge >= 0.3 is 0 Å². The second kappa shape index (κ2) is 25.4. The molecule has 2 unspecified atom stereocenters. The molecule has 0 aliphatic carbocycles. The highest BCUT2D eigenvalue weighted by molar-refractivity contribution is 5.77. The number of β-amino-alcohol motifs (C(OH)–C–C–N with tert-alkyl or cyclic N) is 1. The number of amides is 2. The Bertz CT molecular complexity index is 1470. The third-order valence-corrected chi connectivity index (χ3v) is 11.3. The fraction of sp³-hybridized carbons (Fsp3) is 0.583. The van der Waals surface area contributed by atoms with Crippen molar-refractivity contribution in [3.8, 4) is 11.5 Å². The second-order valence-corrected chi connectivity index (χ2v) is 15.6. The van der Waals surface area contributed by atoms with Crippen molar-refractivity contribution >= 4 is 11.8 Å². The zero-order valence-electron chi connectivity index (χ0n) is 34.7. The van der Waals surface area contributed by atoms with Crippen LogP contribution in [0, 0.1) is 0 Å². The topological polar surface area (TPSA) is 97.3 Å². The van der Waals surface area contributed by atoms with Crippen LogP contribution in [0.15, 0.2) is 78.9 Å². The quantitative estimate of drug-likeness (QED) is 0.0714. The summed E-state index contributed by atoms with van der Waals surface area (Å²) in [5.74, 6) is 1.56. The Morgan fingerprint density at radius 3 is 1.71 bits per heavy atom. The normalized spacial score (nSPS) is 15.5. The molecule has 0 aromatic heterocycles. The highest BCUT2D eigenvalue weighted by atomic mass is 16.5. The van der Waals surface area contributed by atoms with Gasteiger partial charge in [-0.2, -0.15) is 0 Å². The lowest BCUT2D eigenvalue weighted by Crippen LogP contribution is -2.52. The Kier molecular flexibility index (Phi) is 20.3. The zero-order chi connectivity index (χ0) is 39.9. The van der Waals surface area contributed by atoms with E-state index in [2.05, 4.69) is 12.2 Å². The lowest BCUT2D eigenvalue weighted by molar-refractivity contribution is -0.141. The van der Waals surface area contributed by atoms with Crippen molar-refractivity contribution in [3.05, 3.63) is 95.6 Å². The molecule has 8 nitrogen and oxygen atoms in total. The molecule has 1 fully saturated rings. The number of benzene rings is 3. The Morgan fingerprint density at radius 1 is 0.679 bits per heavy atom. The lowest BCUT2D eigenvalue weighted by Gasteiger charge is -2.44. The van der Waals surface area contributed by atoms with Crippen LogP contribution in [-0.4, -0.2) is 61.3 Å². The number of carbonyl (C=O) groups is 2. The van der Waals surface area contributed by atoms with Gasteiger partial charge in [0, 0.05) is 25.9 Å². The molecule has 2 amide bonds. The highest BCUT2D eigenvalue weighted by Crippen LogP contribution is 2.45. The molecule has 2 atom stereocenters. The number of aliphatic hydroxyl groups excluding tert-OH is 1. The first kappa shape index (κ1) is 44.8. The van der Waals surface area contributed by atoms with E-state index in [-0.39, 0.29) is 18.4 Å². The van der Waals surface area contributed by atoms with Crippen molar-refractivity contribution in [2.75, 3.05) is 27.3 Å². The number of carbonyl (C=O) groups excluding carboxylic acids is 2. The number of hydrogen-bond acceptors (Lipinski definition) is 6. The Balaban J connectivity index is 1.28. The molecule has 0 spiro atoms. The van der Waals surface area contributed by atoms with E-state index in [4.69, 9.17) is 14.2 Å². The maximum atomic E-state index is 14.1. The molecule has 1 heterocycles. The van der Waals surface area contributed by atoms with E-state index in [1.54, 1.807) is 14.2 Å². The van der Waals surface area contributed by atoms with Gasteiger partial charge in [0.15, 0.2) is 0 Å². The minimum atomic E-state index is -1.10. The van der Waals surface area contributed by atoms with Crippen LogP contribution in [0.5, 0.6) is 11.5 Å². The molecule has 0 saturated carbocycles. The Hall–Kier alpha value is -3.88. The fourth-order valence-corrected chi connectivity index (χ4v) is 8.08. The number of methoxy groups -OCH3 is 2. The zero-order valence-corrected chi connectivity index (χ0v) is 34.7. The first-order valence-electron chi connectivity index (χ1n) is 21.6. The smallest absolute Gasteiger partial charge is 0.223 e. The summed E-state index contributed by atoms with van der Waals surface area (Å²) in [6.45, 7) is 3.44. The van der Waals surface area contributed by atoms with Gasteiger partial charge in [-0.05, 0) is 66.6 Å². The van der Waals surface area contributed by atoms with E-state index >= 15 is 0 Å². The summed E-state index contributed by atoms with van der Waals surface area (Å²) in [6, 6.07) is 25.2. The monoisotopic (exact) mass is 771 g/mol. The minimum Gasteiger partial charge on any atom is -0.497 e. The fourth-order valence-electron chi connectivity index (χ4n) is 8.08. The van der Waals surface area contributed by atoms with Gasteiger partial charge in [0.2, 0.25) is 11.8 Å². The van der Waals surface area contributed by atoms with Crippen molar-refractivity contribution in [1.29, 1.82) is 0 Å². The first-order chi connectivity index (χ1) is 27.4. The molecule has 0 bridgehead atoms. The molecule has 1 saturated heterocycles. The molecule has 1 aliphatic rings. The van der Waals surface area contributed by atoms with Gasteiger partial charge in [-0.3, -0.25) is 9.59 Å². The number of nitrogens with zero attached hydrogens (tertiary/aromatic N) is 1. The summed E-state index contributed by atoms with van der Waals surface area (Å²) in [5.41, 5.74) is 1.64. The number of hydrogen-bond donors (Lipinski definition) is 2. The number of rotatable bonds is 28. The standard InChI is InChI=1S/C48H70N2O6/c1-4-5-6-7-8-9-10-11-12-13-14-15-20-25-46(52)49-35-22-17-21-26-47(53)50-37-42(51)36-45(50)48(40-27-31-43(54-2)32-28-40,41-29-33-44(55-3)34-30-41)56-38-39-23-18-16-19-24-39/h16,18-19,23-24,27-34,42,45,51H,4-15,17,20-22,25-26,35-38H2,1-3H3,(H,49,52). The predicted molar refractivity (Wildman–Crippen MR) is 226 cm³/mol. The first-order valence-corrected chi connectivity index (χ1v) is 21.6. The maximum absolute atomic E-state index is 14.1. The minimum absolute atomic E-state index is 0.00676. The largest absolute Gasteiger partial charge is 0.497 e. The molecule has 4 rings (SSSR count).